The van der Waals surface area contributed by atoms with Crippen LogP contribution in [0.2, 0.25) is 0 Å². The first-order valence-corrected chi connectivity index (χ1v) is 9.74. The Hall–Kier alpha value is -3.35. The van der Waals surface area contributed by atoms with Crippen LogP contribution in [0.15, 0.2) is 54.6 Å². The van der Waals surface area contributed by atoms with E-state index in [1.165, 1.54) is 0 Å². The number of carboxylic acid groups (broad SMARTS) is 1. The Morgan fingerprint density at radius 3 is 2.24 bits per heavy atom. The SMILES string of the molecule is O=C(Nc1ccccc1)Nc1ccc(C(=O)N2C[C@@H]3CCC[C@@]3(C(=O)O)C2)cc1. The standard InChI is InChI=1S/C22H23N3O4/c26-19(25-13-16-5-4-12-22(16,14-25)20(27)28)15-8-10-18(11-9-15)24-21(29)23-17-6-2-1-3-7-17/h1-3,6-11,16H,4-5,12-14H2,(H,27,28)(H2,23,24,29)/t16-,22+/m0/s1. The van der Waals surface area contributed by atoms with Crippen LogP contribution in [0.5, 0.6) is 0 Å². The molecule has 0 bridgehead atoms. The van der Waals surface area contributed by atoms with Gasteiger partial charge in [0, 0.05) is 30.0 Å². The molecule has 2 aromatic rings. The van der Waals surface area contributed by atoms with E-state index in [4.69, 9.17) is 0 Å². The molecule has 3 N–H and O–H groups in total. The largest absolute Gasteiger partial charge is 0.481 e. The Balaban J connectivity index is 1.38. The number of aliphatic carboxylic acids is 1. The predicted octanol–water partition coefficient (Wildman–Crippen LogP) is 3.66. The number of urea groups is 1. The number of benzene rings is 2. The topological polar surface area (TPSA) is 98.7 Å². The second-order valence-corrected chi connectivity index (χ2v) is 7.76. The van der Waals surface area contributed by atoms with Crippen molar-refractivity contribution in [3.05, 3.63) is 60.2 Å². The molecule has 0 radical (unpaired) electrons. The van der Waals surface area contributed by atoms with E-state index in [1.54, 1.807) is 41.3 Å². The molecule has 7 nitrogen and oxygen atoms in total. The minimum absolute atomic E-state index is 0.0339. The van der Waals surface area contributed by atoms with E-state index in [1.807, 2.05) is 18.2 Å². The zero-order valence-corrected chi connectivity index (χ0v) is 15.9. The van der Waals surface area contributed by atoms with Gasteiger partial charge in [0.15, 0.2) is 0 Å². The first kappa shape index (κ1) is 19.0. The zero-order valence-electron chi connectivity index (χ0n) is 15.9. The molecular weight excluding hydrogens is 370 g/mol. The first-order valence-electron chi connectivity index (χ1n) is 9.74. The van der Waals surface area contributed by atoms with Crippen molar-refractivity contribution in [3.63, 3.8) is 0 Å². The third-order valence-corrected chi connectivity index (χ3v) is 6.01. The summed E-state index contributed by atoms with van der Waals surface area (Å²) in [7, 11) is 0. The van der Waals surface area contributed by atoms with Gasteiger partial charge in [-0.15, -0.1) is 0 Å². The molecule has 1 aliphatic heterocycles. The van der Waals surface area contributed by atoms with Crippen molar-refractivity contribution in [2.24, 2.45) is 11.3 Å². The fourth-order valence-electron chi connectivity index (χ4n) is 4.49. The molecule has 29 heavy (non-hydrogen) atoms. The summed E-state index contributed by atoms with van der Waals surface area (Å²) in [4.78, 5) is 38.4. The molecule has 0 spiro atoms. The second-order valence-electron chi connectivity index (χ2n) is 7.76. The van der Waals surface area contributed by atoms with Crippen molar-refractivity contribution < 1.29 is 19.5 Å². The van der Waals surface area contributed by atoms with Crippen molar-refractivity contribution in [1.29, 1.82) is 0 Å². The lowest BCUT2D eigenvalue weighted by Gasteiger charge is -2.23. The van der Waals surface area contributed by atoms with Crippen LogP contribution in [0, 0.1) is 11.3 Å². The smallest absolute Gasteiger partial charge is 0.323 e. The summed E-state index contributed by atoms with van der Waals surface area (Å²) in [6.45, 7) is 0.760. The second kappa shape index (κ2) is 7.58. The van der Waals surface area contributed by atoms with Gasteiger partial charge in [-0.3, -0.25) is 9.59 Å². The summed E-state index contributed by atoms with van der Waals surface area (Å²) in [6.07, 6.45) is 2.40. The highest BCUT2D eigenvalue weighted by Crippen LogP contribution is 2.49. The highest BCUT2D eigenvalue weighted by Gasteiger charge is 2.55. The van der Waals surface area contributed by atoms with Gasteiger partial charge >= 0.3 is 12.0 Å². The van der Waals surface area contributed by atoms with E-state index < -0.39 is 11.4 Å². The molecule has 1 heterocycles. The van der Waals surface area contributed by atoms with Gasteiger partial charge < -0.3 is 20.6 Å². The van der Waals surface area contributed by atoms with E-state index in [0.717, 1.165) is 12.8 Å². The van der Waals surface area contributed by atoms with Crippen LogP contribution in [-0.2, 0) is 4.79 Å². The molecule has 3 amide bonds. The summed E-state index contributed by atoms with van der Waals surface area (Å²) in [5.74, 6) is -0.925. The number of amides is 3. The van der Waals surface area contributed by atoms with E-state index >= 15 is 0 Å². The van der Waals surface area contributed by atoms with Gasteiger partial charge in [-0.25, -0.2) is 4.79 Å². The molecule has 2 aromatic carbocycles. The number of nitrogens with one attached hydrogen (secondary N) is 2. The zero-order chi connectivity index (χ0) is 20.4. The van der Waals surface area contributed by atoms with Gasteiger partial charge in [0.25, 0.3) is 5.91 Å². The molecule has 0 aromatic heterocycles. The molecule has 2 atom stereocenters. The van der Waals surface area contributed by atoms with E-state index in [9.17, 15) is 19.5 Å². The Bertz CT molecular complexity index is 929. The van der Waals surface area contributed by atoms with Gasteiger partial charge in [-0.2, -0.15) is 0 Å². The number of likely N-dealkylation sites (tertiary alicyclic amines) is 1. The van der Waals surface area contributed by atoms with Crippen molar-refractivity contribution in [1.82, 2.24) is 4.90 Å². The molecule has 1 saturated carbocycles. The predicted molar refractivity (Wildman–Crippen MR) is 109 cm³/mol. The Morgan fingerprint density at radius 2 is 1.62 bits per heavy atom. The maximum Gasteiger partial charge on any atom is 0.323 e. The fraction of sp³-hybridized carbons (Fsp3) is 0.318. The van der Waals surface area contributed by atoms with Crippen LogP contribution in [-0.4, -0.2) is 41.0 Å². The number of carboxylic acids is 1. The van der Waals surface area contributed by atoms with Gasteiger partial charge in [0.2, 0.25) is 0 Å². The number of fused-ring (bicyclic) bond motifs is 1. The first-order chi connectivity index (χ1) is 14.0. The molecular formula is C22H23N3O4. The third kappa shape index (κ3) is 3.68. The van der Waals surface area contributed by atoms with Crippen molar-refractivity contribution >= 4 is 29.3 Å². The Morgan fingerprint density at radius 1 is 0.966 bits per heavy atom. The van der Waals surface area contributed by atoms with Gasteiger partial charge in [-0.05, 0) is 55.2 Å². The monoisotopic (exact) mass is 393 g/mol. The lowest BCUT2D eigenvalue weighted by atomic mass is 9.81. The molecule has 1 saturated heterocycles. The lowest BCUT2D eigenvalue weighted by Crippen LogP contribution is -2.37. The summed E-state index contributed by atoms with van der Waals surface area (Å²) in [5.41, 5.74) is 0.950. The van der Waals surface area contributed by atoms with E-state index in [2.05, 4.69) is 10.6 Å². The number of para-hydroxylation sites is 1. The number of anilines is 2. The highest BCUT2D eigenvalue weighted by atomic mass is 16.4. The Kier molecular flexibility index (Phi) is 4.96. The number of carbonyl (C=O) groups is 3. The quantitative estimate of drug-likeness (QED) is 0.738. The van der Waals surface area contributed by atoms with Crippen LogP contribution in [0.4, 0.5) is 16.2 Å². The minimum Gasteiger partial charge on any atom is -0.481 e. The molecule has 1 aliphatic carbocycles. The van der Waals surface area contributed by atoms with Crippen molar-refractivity contribution in [2.75, 3.05) is 23.7 Å². The summed E-state index contributed by atoms with van der Waals surface area (Å²) in [6, 6.07) is 15.4. The average molecular weight is 393 g/mol. The van der Waals surface area contributed by atoms with Crippen LogP contribution in [0.25, 0.3) is 0 Å². The number of hydrogen-bond donors (Lipinski definition) is 3. The normalized spacial score (nSPS) is 22.8. The molecule has 7 heteroatoms. The third-order valence-electron chi connectivity index (χ3n) is 6.01. The molecule has 4 rings (SSSR count). The fourth-order valence-corrected chi connectivity index (χ4v) is 4.49. The minimum atomic E-state index is -0.792. The molecule has 2 aliphatic rings. The maximum absolute atomic E-state index is 12.9. The van der Waals surface area contributed by atoms with Crippen molar-refractivity contribution in [2.45, 2.75) is 19.3 Å². The maximum atomic E-state index is 12.9. The molecule has 150 valence electrons. The van der Waals surface area contributed by atoms with E-state index in [-0.39, 0.29) is 24.4 Å². The molecule has 2 fully saturated rings. The number of rotatable bonds is 4. The highest BCUT2D eigenvalue weighted by molar-refractivity contribution is 6.00. The van der Waals surface area contributed by atoms with Crippen molar-refractivity contribution in [3.8, 4) is 0 Å². The van der Waals surface area contributed by atoms with Crippen LogP contribution >= 0.6 is 0 Å². The van der Waals surface area contributed by atoms with Gasteiger partial charge in [0.05, 0.1) is 5.41 Å². The van der Waals surface area contributed by atoms with E-state index in [0.29, 0.717) is 29.9 Å². The van der Waals surface area contributed by atoms with Gasteiger partial charge in [0.1, 0.15) is 0 Å². The van der Waals surface area contributed by atoms with Gasteiger partial charge in [-0.1, -0.05) is 24.6 Å². The summed E-state index contributed by atoms with van der Waals surface area (Å²) in [5, 5.41) is 15.1. The average Bonchev–Trinajstić information content (AvgIpc) is 3.27. The molecule has 0 unspecified atom stereocenters. The lowest BCUT2D eigenvalue weighted by molar-refractivity contribution is -0.149. The van der Waals surface area contributed by atoms with Crippen LogP contribution < -0.4 is 10.6 Å². The number of hydrogen-bond acceptors (Lipinski definition) is 3. The van der Waals surface area contributed by atoms with Crippen LogP contribution in [0.1, 0.15) is 29.6 Å². The Labute approximate surface area is 168 Å². The number of nitrogens with zero attached hydrogens (tertiary/aromatic N) is 1. The summed E-state index contributed by atoms with van der Waals surface area (Å²) < 4.78 is 0. The summed E-state index contributed by atoms with van der Waals surface area (Å²) >= 11 is 0. The van der Waals surface area contributed by atoms with Crippen LogP contribution in [0.3, 0.4) is 0 Å². The number of carbonyl (C=O) groups excluding carboxylic acids is 2.